The van der Waals surface area contributed by atoms with Crippen molar-refractivity contribution in [3.05, 3.63) is 71.5 Å². The number of hydrogen-bond donors (Lipinski definition) is 0. The highest BCUT2D eigenvalue weighted by atomic mass is 15.2. The third-order valence-electron chi connectivity index (χ3n) is 4.19. The van der Waals surface area contributed by atoms with Crippen molar-refractivity contribution >= 4 is 5.84 Å². The van der Waals surface area contributed by atoms with Crippen LogP contribution in [0, 0.1) is 18.8 Å². The number of aliphatic imine (C=N–C) groups is 1. The van der Waals surface area contributed by atoms with Gasteiger partial charge in [-0.25, -0.2) is 0 Å². The van der Waals surface area contributed by atoms with Crippen molar-refractivity contribution in [2.45, 2.75) is 47.0 Å². The van der Waals surface area contributed by atoms with Gasteiger partial charge >= 0.3 is 0 Å². The predicted molar refractivity (Wildman–Crippen MR) is 116 cm³/mol. The van der Waals surface area contributed by atoms with E-state index in [9.17, 15) is 0 Å². The highest BCUT2D eigenvalue weighted by molar-refractivity contribution is 5.84. The van der Waals surface area contributed by atoms with Crippen molar-refractivity contribution in [2.24, 2.45) is 4.99 Å². The zero-order valence-corrected chi connectivity index (χ0v) is 17.0. The van der Waals surface area contributed by atoms with Gasteiger partial charge in [-0.05, 0) is 56.5 Å². The Hall–Kier alpha value is -2.53. The van der Waals surface area contributed by atoms with E-state index in [2.05, 4.69) is 73.4 Å². The predicted octanol–water partition coefficient (Wildman–Crippen LogP) is 5.69. The molecule has 0 unspecified atom stereocenters. The van der Waals surface area contributed by atoms with Gasteiger partial charge in [-0.2, -0.15) is 0 Å². The van der Waals surface area contributed by atoms with Crippen LogP contribution in [0.25, 0.3) is 0 Å². The highest BCUT2D eigenvalue weighted by Crippen LogP contribution is 2.15. The summed E-state index contributed by atoms with van der Waals surface area (Å²) in [5.41, 5.74) is 4.76. The van der Waals surface area contributed by atoms with Gasteiger partial charge in [-0.1, -0.05) is 49.6 Å². The summed E-state index contributed by atoms with van der Waals surface area (Å²) in [6.45, 7) is 13.2. The van der Waals surface area contributed by atoms with E-state index in [1.54, 1.807) is 0 Å². The van der Waals surface area contributed by atoms with E-state index in [0.29, 0.717) is 0 Å². The van der Waals surface area contributed by atoms with Crippen LogP contribution in [0.15, 0.2) is 59.8 Å². The number of benzene rings is 1. The third kappa shape index (κ3) is 6.41. The highest BCUT2D eigenvalue weighted by Gasteiger charge is 2.12. The normalized spacial score (nSPS) is 12.0. The molecule has 2 heteroatoms. The zero-order chi connectivity index (χ0) is 19.4. The van der Waals surface area contributed by atoms with E-state index in [1.807, 2.05) is 32.2 Å². The third-order valence-corrected chi connectivity index (χ3v) is 4.19. The molecule has 1 rings (SSSR count). The molecular weight excluding hydrogens is 316 g/mol. The van der Waals surface area contributed by atoms with Gasteiger partial charge in [0, 0.05) is 37.7 Å². The topological polar surface area (TPSA) is 15.6 Å². The lowest BCUT2D eigenvalue weighted by atomic mass is 10.0. The number of likely N-dealkylation sites (N-methyl/N-ethyl adjacent to an activating group) is 1. The maximum Gasteiger partial charge on any atom is 0.103 e. The Morgan fingerprint density at radius 2 is 2.08 bits per heavy atom. The second-order valence-electron chi connectivity index (χ2n) is 6.01. The molecule has 0 atom stereocenters. The molecule has 0 heterocycles. The van der Waals surface area contributed by atoms with Gasteiger partial charge in [0.05, 0.1) is 0 Å². The molecule has 0 bridgehead atoms. The maximum atomic E-state index is 4.54. The minimum atomic E-state index is 0.868. The van der Waals surface area contributed by atoms with Gasteiger partial charge in [0.15, 0.2) is 0 Å². The Morgan fingerprint density at radius 1 is 1.31 bits per heavy atom. The Morgan fingerprint density at radius 3 is 2.62 bits per heavy atom. The monoisotopic (exact) mass is 348 g/mol. The summed E-state index contributed by atoms with van der Waals surface area (Å²) in [7, 11) is 1.86. The molecule has 138 valence electrons. The van der Waals surface area contributed by atoms with E-state index in [4.69, 9.17) is 0 Å². The van der Waals surface area contributed by atoms with E-state index in [0.717, 1.165) is 42.9 Å². The van der Waals surface area contributed by atoms with Crippen molar-refractivity contribution in [3.8, 4) is 11.8 Å². The molecule has 0 fully saturated rings. The Labute approximate surface area is 160 Å². The fourth-order valence-corrected chi connectivity index (χ4v) is 2.81. The molecule has 2 nitrogen and oxygen atoms in total. The van der Waals surface area contributed by atoms with Gasteiger partial charge in [-0.15, -0.1) is 0 Å². The van der Waals surface area contributed by atoms with Crippen LogP contribution in [0.3, 0.4) is 0 Å². The van der Waals surface area contributed by atoms with Crippen molar-refractivity contribution in [1.82, 2.24) is 4.90 Å². The molecule has 1 aromatic carbocycles. The second kappa shape index (κ2) is 11.9. The minimum Gasteiger partial charge on any atom is -0.330 e. The number of amidine groups is 1. The Bertz CT molecular complexity index is 739. The van der Waals surface area contributed by atoms with Gasteiger partial charge in [0.2, 0.25) is 0 Å². The van der Waals surface area contributed by atoms with Crippen LogP contribution in [-0.2, 0) is 6.42 Å². The SMILES string of the molecule is C=C/C(=C\C=C/C)N(CC)C(CCc1ccc(C#CCC)c(C)c1)=NC. The lowest BCUT2D eigenvalue weighted by molar-refractivity contribution is 0.542. The van der Waals surface area contributed by atoms with Crippen molar-refractivity contribution in [2.75, 3.05) is 13.6 Å². The number of rotatable bonds is 7. The van der Waals surface area contributed by atoms with Crippen LogP contribution in [0.5, 0.6) is 0 Å². The molecule has 1 aromatic rings. The summed E-state index contributed by atoms with van der Waals surface area (Å²) >= 11 is 0. The fourth-order valence-electron chi connectivity index (χ4n) is 2.81. The average Bonchev–Trinajstić information content (AvgIpc) is 2.66. The quantitative estimate of drug-likeness (QED) is 0.268. The maximum absolute atomic E-state index is 4.54. The van der Waals surface area contributed by atoms with Crippen LogP contribution in [-0.4, -0.2) is 24.3 Å². The minimum absolute atomic E-state index is 0.868. The fraction of sp³-hybridized carbons (Fsp3) is 0.375. The summed E-state index contributed by atoms with van der Waals surface area (Å²) in [4.78, 5) is 6.76. The molecule has 0 radical (unpaired) electrons. The summed E-state index contributed by atoms with van der Waals surface area (Å²) in [6, 6.07) is 6.56. The van der Waals surface area contributed by atoms with Crippen molar-refractivity contribution < 1.29 is 0 Å². The molecule has 0 aliphatic rings. The largest absolute Gasteiger partial charge is 0.330 e. The van der Waals surface area contributed by atoms with E-state index < -0.39 is 0 Å². The van der Waals surface area contributed by atoms with E-state index >= 15 is 0 Å². The summed E-state index contributed by atoms with van der Waals surface area (Å²) < 4.78 is 0. The number of hydrogen-bond acceptors (Lipinski definition) is 1. The summed E-state index contributed by atoms with van der Waals surface area (Å²) in [6.07, 6.45) is 10.8. The first kappa shape index (κ1) is 21.5. The van der Waals surface area contributed by atoms with Gasteiger partial charge in [-0.3, -0.25) is 4.99 Å². The molecule has 0 saturated heterocycles. The summed E-state index contributed by atoms with van der Waals surface area (Å²) in [5.74, 6) is 7.45. The molecule has 0 aromatic heterocycles. The molecule has 0 aliphatic heterocycles. The Balaban J connectivity index is 2.91. The van der Waals surface area contributed by atoms with Crippen LogP contribution >= 0.6 is 0 Å². The van der Waals surface area contributed by atoms with Crippen LogP contribution in [0.1, 0.15) is 50.3 Å². The zero-order valence-electron chi connectivity index (χ0n) is 17.0. The lowest BCUT2D eigenvalue weighted by Crippen LogP contribution is -2.30. The van der Waals surface area contributed by atoms with Crippen molar-refractivity contribution in [1.29, 1.82) is 0 Å². The second-order valence-corrected chi connectivity index (χ2v) is 6.01. The number of allylic oxidation sites excluding steroid dienone is 4. The van der Waals surface area contributed by atoms with Gasteiger partial charge < -0.3 is 4.90 Å². The number of aryl methyl sites for hydroxylation is 2. The Kier molecular flexibility index (Phi) is 9.87. The number of nitrogens with zero attached hydrogens (tertiary/aromatic N) is 2. The van der Waals surface area contributed by atoms with Crippen molar-refractivity contribution in [3.63, 3.8) is 0 Å². The summed E-state index contributed by atoms with van der Waals surface area (Å²) in [5, 5.41) is 0. The molecule has 26 heavy (non-hydrogen) atoms. The van der Waals surface area contributed by atoms with Gasteiger partial charge in [0.25, 0.3) is 0 Å². The first-order valence-electron chi connectivity index (χ1n) is 9.38. The molecular formula is C24H32N2. The average molecular weight is 349 g/mol. The molecule has 0 aliphatic carbocycles. The standard InChI is InChI=1S/C24H32N2/c1-7-11-13-22-17-15-21(19-20(22)5)16-18-24(25-6)26(10-4)23(9-3)14-12-8-2/h8-9,12,14-15,17,19H,3,7,10,16,18H2,1-2,4-6H3/b12-8-,23-14+,25-24?. The molecule has 0 spiro atoms. The van der Waals surface area contributed by atoms with Gasteiger partial charge in [0.1, 0.15) is 5.84 Å². The van der Waals surface area contributed by atoms with Crippen LogP contribution in [0.2, 0.25) is 0 Å². The van der Waals surface area contributed by atoms with E-state index in [-0.39, 0.29) is 0 Å². The van der Waals surface area contributed by atoms with E-state index in [1.165, 1.54) is 11.1 Å². The first-order valence-corrected chi connectivity index (χ1v) is 9.38. The molecule has 0 amide bonds. The molecule has 0 N–H and O–H groups in total. The van der Waals surface area contributed by atoms with Crippen LogP contribution < -0.4 is 0 Å². The van der Waals surface area contributed by atoms with Crippen LogP contribution in [0.4, 0.5) is 0 Å². The first-order chi connectivity index (χ1) is 12.6. The molecule has 0 saturated carbocycles. The lowest BCUT2D eigenvalue weighted by Gasteiger charge is -2.25. The smallest absolute Gasteiger partial charge is 0.103 e.